The van der Waals surface area contributed by atoms with Crippen LogP contribution in [-0.4, -0.2) is 22.9 Å². The van der Waals surface area contributed by atoms with Gasteiger partial charge in [-0.3, -0.25) is 20.2 Å². The molecule has 1 saturated heterocycles. The average molecular weight is 342 g/mol. The van der Waals surface area contributed by atoms with Crippen molar-refractivity contribution < 1.29 is 14.5 Å². The van der Waals surface area contributed by atoms with Crippen LogP contribution in [0, 0.1) is 24.0 Å². The summed E-state index contributed by atoms with van der Waals surface area (Å²) < 4.78 is 0.767. The first-order valence-electron chi connectivity index (χ1n) is 5.85. The van der Waals surface area contributed by atoms with E-state index < -0.39 is 22.9 Å². The predicted octanol–water partition coefficient (Wildman–Crippen LogP) is 1.72. The van der Waals surface area contributed by atoms with Crippen LogP contribution in [0.2, 0.25) is 0 Å². The van der Waals surface area contributed by atoms with E-state index in [1.54, 1.807) is 13.8 Å². The number of nitro benzene ring substituents is 1. The van der Waals surface area contributed by atoms with Gasteiger partial charge in [-0.1, -0.05) is 15.9 Å². The lowest BCUT2D eigenvalue weighted by atomic mass is 9.97. The van der Waals surface area contributed by atoms with Crippen molar-refractivity contribution in [1.82, 2.24) is 10.6 Å². The van der Waals surface area contributed by atoms with E-state index in [0.717, 1.165) is 10.0 Å². The molecule has 106 valence electrons. The van der Waals surface area contributed by atoms with Crippen LogP contribution >= 0.6 is 15.9 Å². The normalized spacial score (nSPS) is 17.9. The molecule has 3 amide bonds. The van der Waals surface area contributed by atoms with E-state index in [1.807, 2.05) is 0 Å². The quantitative estimate of drug-likeness (QED) is 0.496. The number of amides is 3. The van der Waals surface area contributed by atoms with Crippen molar-refractivity contribution in [3.05, 3.63) is 37.3 Å². The van der Waals surface area contributed by atoms with Gasteiger partial charge in [0.2, 0.25) is 0 Å². The summed E-state index contributed by atoms with van der Waals surface area (Å²) in [5, 5.41) is 15.7. The summed E-state index contributed by atoms with van der Waals surface area (Å²) in [6.07, 6.45) is 0.0819. The average Bonchev–Trinajstić information content (AvgIpc) is 2.68. The van der Waals surface area contributed by atoms with Gasteiger partial charge >= 0.3 is 6.03 Å². The lowest BCUT2D eigenvalue weighted by molar-refractivity contribution is -0.385. The Morgan fingerprint density at radius 3 is 2.55 bits per heavy atom. The highest BCUT2D eigenvalue weighted by molar-refractivity contribution is 9.10. The standard InChI is InChI=1S/C12H12BrN3O4/c1-5-3-9(16(19)20)7(6(2)10(5)13)4-8-11(17)15-12(18)14-8/h3,8H,4H2,1-2H3,(H2,14,15,17,18). The molecular weight excluding hydrogens is 330 g/mol. The number of rotatable bonds is 3. The highest BCUT2D eigenvalue weighted by atomic mass is 79.9. The molecule has 1 aromatic rings. The number of imide groups is 1. The molecule has 8 heteroatoms. The van der Waals surface area contributed by atoms with E-state index in [9.17, 15) is 19.7 Å². The molecule has 1 aliphatic rings. The molecular formula is C12H12BrN3O4. The topological polar surface area (TPSA) is 101 Å². The maximum Gasteiger partial charge on any atom is 0.322 e. The van der Waals surface area contributed by atoms with Crippen molar-refractivity contribution >= 4 is 33.6 Å². The van der Waals surface area contributed by atoms with Crippen LogP contribution in [0.25, 0.3) is 0 Å². The lowest BCUT2D eigenvalue weighted by Crippen LogP contribution is -2.31. The van der Waals surface area contributed by atoms with Gasteiger partial charge in [-0.2, -0.15) is 0 Å². The molecule has 0 radical (unpaired) electrons. The molecule has 2 N–H and O–H groups in total. The number of carbonyl (C=O) groups excluding carboxylic acids is 2. The van der Waals surface area contributed by atoms with Crippen molar-refractivity contribution in [3.8, 4) is 0 Å². The van der Waals surface area contributed by atoms with Gasteiger partial charge in [-0.05, 0) is 25.0 Å². The molecule has 1 aromatic carbocycles. The van der Waals surface area contributed by atoms with Gasteiger partial charge in [0.15, 0.2) is 0 Å². The molecule has 2 rings (SSSR count). The minimum Gasteiger partial charge on any atom is -0.326 e. The van der Waals surface area contributed by atoms with Crippen molar-refractivity contribution in [2.45, 2.75) is 26.3 Å². The van der Waals surface area contributed by atoms with Gasteiger partial charge in [0.05, 0.1) is 4.92 Å². The fourth-order valence-electron chi connectivity index (χ4n) is 2.20. The van der Waals surface area contributed by atoms with Gasteiger partial charge in [0, 0.05) is 22.5 Å². The SMILES string of the molecule is Cc1cc([N+](=O)[O-])c(CC2NC(=O)NC2=O)c(C)c1Br. The number of halogens is 1. The van der Waals surface area contributed by atoms with Crippen LogP contribution in [0.5, 0.6) is 0 Å². The number of hydrogen-bond donors (Lipinski definition) is 2. The molecule has 1 heterocycles. The number of aryl methyl sites for hydroxylation is 1. The smallest absolute Gasteiger partial charge is 0.322 e. The van der Waals surface area contributed by atoms with Crippen molar-refractivity contribution in [2.24, 2.45) is 0 Å². The van der Waals surface area contributed by atoms with Crippen LogP contribution < -0.4 is 10.6 Å². The molecule has 1 fully saturated rings. The van der Waals surface area contributed by atoms with Crippen LogP contribution in [0.3, 0.4) is 0 Å². The number of urea groups is 1. The number of hydrogen-bond acceptors (Lipinski definition) is 4. The van der Waals surface area contributed by atoms with Gasteiger partial charge < -0.3 is 5.32 Å². The van der Waals surface area contributed by atoms with Crippen molar-refractivity contribution in [3.63, 3.8) is 0 Å². The highest BCUT2D eigenvalue weighted by Gasteiger charge is 2.32. The maximum absolute atomic E-state index is 11.6. The zero-order valence-corrected chi connectivity index (χ0v) is 12.4. The zero-order valence-electron chi connectivity index (χ0n) is 10.8. The second-order valence-corrected chi connectivity index (χ2v) is 5.40. The minimum atomic E-state index is -0.783. The third-order valence-electron chi connectivity index (χ3n) is 3.25. The summed E-state index contributed by atoms with van der Waals surface area (Å²) in [4.78, 5) is 33.3. The summed E-state index contributed by atoms with van der Waals surface area (Å²) in [7, 11) is 0. The van der Waals surface area contributed by atoms with Crippen LogP contribution in [0.4, 0.5) is 10.5 Å². The van der Waals surface area contributed by atoms with Gasteiger partial charge in [0.1, 0.15) is 6.04 Å². The first-order valence-corrected chi connectivity index (χ1v) is 6.65. The number of nitrogens with zero attached hydrogens (tertiary/aromatic N) is 1. The fraction of sp³-hybridized carbons (Fsp3) is 0.333. The Morgan fingerprint density at radius 1 is 1.40 bits per heavy atom. The highest BCUT2D eigenvalue weighted by Crippen LogP contribution is 2.32. The van der Waals surface area contributed by atoms with E-state index in [0.29, 0.717) is 11.1 Å². The van der Waals surface area contributed by atoms with Crippen molar-refractivity contribution in [1.29, 1.82) is 0 Å². The van der Waals surface area contributed by atoms with Crippen LogP contribution in [0.15, 0.2) is 10.5 Å². The molecule has 0 bridgehead atoms. The molecule has 7 nitrogen and oxygen atoms in total. The molecule has 0 aliphatic carbocycles. The molecule has 0 aromatic heterocycles. The molecule has 0 saturated carbocycles. The predicted molar refractivity (Wildman–Crippen MR) is 74.4 cm³/mol. The Balaban J connectivity index is 2.45. The Kier molecular flexibility index (Phi) is 3.76. The monoisotopic (exact) mass is 341 g/mol. The van der Waals surface area contributed by atoms with E-state index >= 15 is 0 Å². The number of benzene rings is 1. The van der Waals surface area contributed by atoms with Gasteiger partial charge in [-0.15, -0.1) is 0 Å². The summed E-state index contributed by atoms with van der Waals surface area (Å²) in [5.41, 5.74) is 1.84. The first kappa shape index (κ1) is 14.4. The fourth-order valence-corrected chi connectivity index (χ4v) is 2.56. The van der Waals surface area contributed by atoms with Gasteiger partial charge in [0.25, 0.3) is 11.6 Å². The largest absolute Gasteiger partial charge is 0.326 e. The molecule has 1 unspecified atom stereocenters. The molecule has 20 heavy (non-hydrogen) atoms. The Hall–Kier alpha value is -1.96. The van der Waals surface area contributed by atoms with Gasteiger partial charge in [-0.25, -0.2) is 4.79 Å². The number of nitrogens with one attached hydrogen (secondary N) is 2. The minimum absolute atomic E-state index is 0.0443. The summed E-state index contributed by atoms with van der Waals surface area (Å²) in [6.45, 7) is 3.51. The van der Waals surface area contributed by atoms with E-state index in [2.05, 4.69) is 26.6 Å². The van der Waals surface area contributed by atoms with E-state index in [4.69, 9.17) is 0 Å². The molecule has 1 atom stereocenters. The number of carbonyl (C=O) groups is 2. The molecule has 1 aliphatic heterocycles. The summed E-state index contributed by atoms with van der Waals surface area (Å²) >= 11 is 3.38. The molecule has 0 spiro atoms. The lowest BCUT2D eigenvalue weighted by Gasteiger charge is -2.13. The summed E-state index contributed by atoms with van der Waals surface area (Å²) in [5.74, 6) is -0.472. The number of nitro groups is 1. The van der Waals surface area contributed by atoms with Crippen molar-refractivity contribution in [2.75, 3.05) is 0 Å². The second-order valence-electron chi connectivity index (χ2n) is 4.61. The van der Waals surface area contributed by atoms with E-state index in [-0.39, 0.29) is 12.1 Å². The zero-order chi connectivity index (χ0) is 15.0. The third-order valence-corrected chi connectivity index (χ3v) is 4.47. The Labute approximate surface area is 123 Å². The van der Waals surface area contributed by atoms with Crippen LogP contribution in [0.1, 0.15) is 16.7 Å². The third kappa shape index (κ3) is 2.51. The summed E-state index contributed by atoms with van der Waals surface area (Å²) in [6, 6.07) is 0.0992. The Bertz CT molecular complexity index is 630. The first-order chi connectivity index (χ1) is 9.31. The Morgan fingerprint density at radius 2 is 2.05 bits per heavy atom. The second kappa shape index (κ2) is 5.20. The van der Waals surface area contributed by atoms with E-state index in [1.165, 1.54) is 6.07 Å². The van der Waals surface area contributed by atoms with Crippen LogP contribution in [-0.2, 0) is 11.2 Å². The maximum atomic E-state index is 11.6.